The molecule has 1 aromatic rings. The van der Waals surface area contributed by atoms with E-state index in [0.717, 1.165) is 37.8 Å². The molecular formula is C13H15F3N2O2. The summed E-state index contributed by atoms with van der Waals surface area (Å²) in [4.78, 5) is 9.67. The summed E-state index contributed by atoms with van der Waals surface area (Å²) in [6.07, 6.45) is -1.08. The second-order valence-electron chi connectivity index (χ2n) is 5.10. The predicted octanol–water partition coefficient (Wildman–Crippen LogP) is 4.36. The molecule has 0 aromatic heterocycles. The predicted molar refractivity (Wildman–Crippen MR) is 68.6 cm³/mol. The van der Waals surface area contributed by atoms with Crippen molar-refractivity contribution in [1.82, 2.24) is 0 Å². The first-order valence-corrected chi connectivity index (χ1v) is 6.41. The molecule has 0 saturated heterocycles. The molecule has 4 nitrogen and oxygen atoms in total. The van der Waals surface area contributed by atoms with Gasteiger partial charge in [0.25, 0.3) is 5.69 Å². The molecule has 0 radical (unpaired) electrons. The fourth-order valence-corrected chi connectivity index (χ4v) is 2.48. The molecule has 0 aliphatic heterocycles. The molecule has 1 aliphatic rings. The molecule has 0 amide bonds. The van der Waals surface area contributed by atoms with Gasteiger partial charge in [0.2, 0.25) is 0 Å². The van der Waals surface area contributed by atoms with Gasteiger partial charge in [0.15, 0.2) is 0 Å². The summed E-state index contributed by atoms with van der Waals surface area (Å²) >= 11 is 0. The van der Waals surface area contributed by atoms with Gasteiger partial charge in [0.05, 0.1) is 4.92 Å². The highest BCUT2D eigenvalue weighted by molar-refractivity contribution is 5.56. The van der Waals surface area contributed by atoms with Crippen molar-refractivity contribution in [3.8, 4) is 0 Å². The van der Waals surface area contributed by atoms with Crippen molar-refractivity contribution in [2.24, 2.45) is 0 Å². The maximum absolute atomic E-state index is 12.9. The summed E-state index contributed by atoms with van der Waals surface area (Å²) in [7, 11) is 0. The zero-order valence-corrected chi connectivity index (χ0v) is 11.0. The average Bonchev–Trinajstić information content (AvgIpc) is 2.32. The lowest BCUT2D eigenvalue weighted by Crippen LogP contribution is -2.44. The Bertz CT molecular complexity index is 519. The molecule has 0 atom stereocenters. The van der Waals surface area contributed by atoms with Gasteiger partial charge in [0, 0.05) is 17.3 Å². The van der Waals surface area contributed by atoms with Crippen LogP contribution < -0.4 is 5.32 Å². The second-order valence-corrected chi connectivity index (χ2v) is 5.10. The molecule has 110 valence electrons. The first-order valence-electron chi connectivity index (χ1n) is 6.41. The lowest BCUT2D eigenvalue weighted by Gasteiger charge is -2.43. The van der Waals surface area contributed by atoms with Gasteiger partial charge < -0.3 is 5.32 Å². The number of hydrogen-bond acceptors (Lipinski definition) is 3. The highest BCUT2D eigenvalue weighted by atomic mass is 19.4. The van der Waals surface area contributed by atoms with E-state index in [0.29, 0.717) is 0 Å². The number of nitrogens with one attached hydrogen (secondary N) is 1. The van der Waals surface area contributed by atoms with E-state index in [1.807, 2.05) is 6.92 Å². The molecule has 1 N–H and O–H groups in total. The minimum atomic E-state index is -4.74. The standard InChI is InChI=1S/C13H15F3N2O2/c1-2-12(6-3-7-12)17-9-4-5-11(18(19)20)10(8-9)13(14,15)16/h4-5,8,17H,2-3,6-7H2,1H3. The van der Waals surface area contributed by atoms with Crippen molar-refractivity contribution in [3.63, 3.8) is 0 Å². The Morgan fingerprint density at radius 2 is 2.05 bits per heavy atom. The third-order valence-electron chi connectivity index (χ3n) is 3.90. The molecule has 0 bridgehead atoms. The molecule has 1 aromatic carbocycles. The van der Waals surface area contributed by atoms with Gasteiger partial charge in [-0.1, -0.05) is 6.92 Å². The van der Waals surface area contributed by atoms with Crippen LogP contribution in [0.3, 0.4) is 0 Å². The zero-order chi connectivity index (χ0) is 15.0. The Hall–Kier alpha value is -1.79. The summed E-state index contributed by atoms with van der Waals surface area (Å²) in [6.45, 7) is 1.97. The number of nitro benzene ring substituents is 1. The highest BCUT2D eigenvalue weighted by Gasteiger charge is 2.40. The monoisotopic (exact) mass is 288 g/mol. The second kappa shape index (κ2) is 4.96. The summed E-state index contributed by atoms with van der Waals surface area (Å²) in [5, 5.41) is 13.8. The largest absolute Gasteiger partial charge is 0.423 e. The fourth-order valence-electron chi connectivity index (χ4n) is 2.48. The van der Waals surface area contributed by atoms with E-state index in [1.54, 1.807) is 0 Å². The highest BCUT2D eigenvalue weighted by Crippen LogP contribution is 2.41. The quantitative estimate of drug-likeness (QED) is 0.661. The topological polar surface area (TPSA) is 55.2 Å². The van der Waals surface area contributed by atoms with Gasteiger partial charge in [-0.25, -0.2) is 0 Å². The van der Waals surface area contributed by atoms with E-state index in [1.165, 1.54) is 6.07 Å². The van der Waals surface area contributed by atoms with Gasteiger partial charge in [-0.2, -0.15) is 13.2 Å². The number of rotatable bonds is 4. The molecule has 1 fully saturated rings. The van der Waals surface area contributed by atoms with Gasteiger partial charge in [-0.3, -0.25) is 10.1 Å². The van der Waals surface area contributed by atoms with Crippen LogP contribution in [0.15, 0.2) is 18.2 Å². The Balaban J connectivity index is 2.35. The number of nitro groups is 1. The van der Waals surface area contributed by atoms with Crippen LogP contribution >= 0.6 is 0 Å². The molecule has 7 heteroatoms. The fraction of sp³-hybridized carbons (Fsp3) is 0.538. The molecule has 0 unspecified atom stereocenters. The Morgan fingerprint density at radius 1 is 1.40 bits per heavy atom. The van der Waals surface area contributed by atoms with Crippen LogP contribution in [0.5, 0.6) is 0 Å². The molecule has 2 rings (SSSR count). The number of alkyl halides is 3. The Morgan fingerprint density at radius 3 is 2.45 bits per heavy atom. The van der Waals surface area contributed by atoms with Crippen molar-refractivity contribution in [2.45, 2.75) is 44.3 Å². The first kappa shape index (κ1) is 14.6. The van der Waals surface area contributed by atoms with Crippen LogP contribution in [0, 0.1) is 10.1 Å². The van der Waals surface area contributed by atoms with Crippen molar-refractivity contribution >= 4 is 11.4 Å². The van der Waals surface area contributed by atoms with E-state index in [-0.39, 0.29) is 11.2 Å². The van der Waals surface area contributed by atoms with Crippen LogP contribution in [0.1, 0.15) is 38.2 Å². The molecule has 1 aliphatic carbocycles. The van der Waals surface area contributed by atoms with Gasteiger partial charge >= 0.3 is 6.18 Å². The molecule has 20 heavy (non-hydrogen) atoms. The number of nitrogens with zero attached hydrogens (tertiary/aromatic N) is 1. The van der Waals surface area contributed by atoms with Crippen molar-refractivity contribution in [1.29, 1.82) is 0 Å². The smallest absolute Gasteiger partial charge is 0.380 e. The van der Waals surface area contributed by atoms with E-state index in [4.69, 9.17) is 0 Å². The summed E-state index contributed by atoms with van der Waals surface area (Å²) in [5.41, 5.74) is -2.01. The zero-order valence-electron chi connectivity index (χ0n) is 11.0. The van der Waals surface area contributed by atoms with E-state index in [9.17, 15) is 23.3 Å². The van der Waals surface area contributed by atoms with Crippen LogP contribution in [0.4, 0.5) is 24.5 Å². The van der Waals surface area contributed by atoms with E-state index >= 15 is 0 Å². The Labute approximate surface area is 114 Å². The van der Waals surface area contributed by atoms with Crippen LogP contribution in [0.25, 0.3) is 0 Å². The lowest BCUT2D eigenvalue weighted by atomic mass is 9.74. The number of anilines is 1. The van der Waals surface area contributed by atoms with Gasteiger partial charge in [-0.05, 0) is 37.8 Å². The minimum Gasteiger partial charge on any atom is -0.380 e. The van der Waals surface area contributed by atoms with Crippen molar-refractivity contribution in [3.05, 3.63) is 33.9 Å². The average molecular weight is 288 g/mol. The normalized spacial score (nSPS) is 17.4. The van der Waals surface area contributed by atoms with Crippen LogP contribution in [-0.4, -0.2) is 10.5 Å². The third kappa shape index (κ3) is 2.71. The lowest BCUT2D eigenvalue weighted by molar-refractivity contribution is -0.388. The minimum absolute atomic E-state index is 0.168. The summed E-state index contributed by atoms with van der Waals surface area (Å²) < 4.78 is 38.6. The third-order valence-corrected chi connectivity index (χ3v) is 3.90. The maximum Gasteiger partial charge on any atom is 0.423 e. The van der Waals surface area contributed by atoms with Gasteiger partial charge in [-0.15, -0.1) is 0 Å². The molecule has 0 heterocycles. The number of halogens is 3. The van der Waals surface area contributed by atoms with E-state index in [2.05, 4.69) is 5.32 Å². The summed E-state index contributed by atoms with van der Waals surface area (Å²) in [5.74, 6) is 0. The number of benzene rings is 1. The van der Waals surface area contributed by atoms with Crippen LogP contribution in [-0.2, 0) is 6.18 Å². The molecular weight excluding hydrogens is 273 g/mol. The maximum atomic E-state index is 12.9. The van der Waals surface area contributed by atoms with Crippen molar-refractivity contribution < 1.29 is 18.1 Å². The van der Waals surface area contributed by atoms with Gasteiger partial charge in [0.1, 0.15) is 5.56 Å². The van der Waals surface area contributed by atoms with E-state index < -0.39 is 22.4 Å². The summed E-state index contributed by atoms with van der Waals surface area (Å²) in [6, 6.07) is 3.07. The first-order chi connectivity index (χ1) is 9.27. The molecule has 0 spiro atoms. The van der Waals surface area contributed by atoms with Crippen LogP contribution in [0.2, 0.25) is 0 Å². The number of hydrogen-bond donors (Lipinski definition) is 1. The Kier molecular flexibility index (Phi) is 3.62. The SMILES string of the molecule is CCC1(Nc2ccc([N+](=O)[O-])c(C(F)(F)F)c2)CCC1. The van der Waals surface area contributed by atoms with Crippen molar-refractivity contribution in [2.75, 3.05) is 5.32 Å². The molecule has 1 saturated carbocycles.